The van der Waals surface area contributed by atoms with E-state index in [4.69, 9.17) is 9.84 Å². The predicted molar refractivity (Wildman–Crippen MR) is 75.0 cm³/mol. The number of nitro groups is 1. The van der Waals surface area contributed by atoms with Gasteiger partial charge in [0, 0.05) is 11.0 Å². The third kappa shape index (κ3) is 3.48. The van der Waals surface area contributed by atoms with Crippen molar-refractivity contribution in [2.75, 3.05) is 7.11 Å². The molecule has 0 amide bonds. The van der Waals surface area contributed by atoms with Gasteiger partial charge in [-0.05, 0) is 24.3 Å². The van der Waals surface area contributed by atoms with Gasteiger partial charge in [-0.15, -0.1) is 0 Å². The number of aromatic nitrogens is 1. The van der Waals surface area contributed by atoms with E-state index in [1.54, 1.807) is 31.4 Å². The molecule has 0 saturated carbocycles. The largest absolute Gasteiger partial charge is 0.497 e. The summed E-state index contributed by atoms with van der Waals surface area (Å²) in [7, 11) is 1.54. The highest BCUT2D eigenvalue weighted by molar-refractivity contribution is 7.99. The molecule has 0 radical (unpaired) electrons. The standard InChI is InChI=1S/C13H10N2O5S/c1-20-9-2-4-10(5-3-9)21-12-11(13(16)17)6-8(7-14-12)15(18)19/h2-7H,1H3,(H,16,17). The van der Waals surface area contributed by atoms with Gasteiger partial charge in [-0.1, -0.05) is 11.8 Å². The lowest BCUT2D eigenvalue weighted by molar-refractivity contribution is -0.385. The summed E-state index contributed by atoms with van der Waals surface area (Å²) in [5, 5.41) is 20.0. The molecule has 108 valence electrons. The van der Waals surface area contributed by atoms with Crippen LogP contribution in [0, 0.1) is 10.1 Å². The van der Waals surface area contributed by atoms with Crippen molar-refractivity contribution >= 4 is 23.4 Å². The fourth-order valence-electron chi connectivity index (χ4n) is 1.53. The minimum Gasteiger partial charge on any atom is -0.497 e. The van der Waals surface area contributed by atoms with Crippen LogP contribution in [0.3, 0.4) is 0 Å². The van der Waals surface area contributed by atoms with E-state index in [1.165, 1.54) is 0 Å². The van der Waals surface area contributed by atoms with Gasteiger partial charge in [0.05, 0.1) is 17.6 Å². The number of pyridine rings is 1. The van der Waals surface area contributed by atoms with E-state index in [0.29, 0.717) is 5.75 Å². The third-order valence-corrected chi connectivity index (χ3v) is 3.58. The number of hydrogen-bond acceptors (Lipinski definition) is 6. The molecule has 7 nitrogen and oxygen atoms in total. The lowest BCUT2D eigenvalue weighted by atomic mass is 10.3. The van der Waals surface area contributed by atoms with Crippen molar-refractivity contribution in [3.63, 3.8) is 0 Å². The molecule has 1 heterocycles. The summed E-state index contributed by atoms with van der Waals surface area (Å²) in [5.41, 5.74) is -0.559. The first-order chi connectivity index (χ1) is 10.0. The zero-order valence-corrected chi connectivity index (χ0v) is 11.7. The normalized spacial score (nSPS) is 10.1. The van der Waals surface area contributed by atoms with Crippen LogP contribution in [0.4, 0.5) is 5.69 Å². The van der Waals surface area contributed by atoms with Crippen LogP contribution < -0.4 is 4.74 Å². The van der Waals surface area contributed by atoms with Gasteiger partial charge < -0.3 is 9.84 Å². The molecule has 0 atom stereocenters. The number of carboxylic acids is 1. The number of carbonyl (C=O) groups is 1. The Morgan fingerprint density at radius 1 is 1.38 bits per heavy atom. The second kappa shape index (κ2) is 6.23. The zero-order valence-electron chi connectivity index (χ0n) is 10.8. The molecule has 2 rings (SSSR count). The molecule has 0 unspecified atom stereocenters. The Morgan fingerprint density at radius 2 is 2.05 bits per heavy atom. The molecule has 0 aliphatic rings. The van der Waals surface area contributed by atoms with Crippen molar-refractivity contribution in [3.05, 3.63) is 52.2 Å². The Hall–Kier alpha value is -2.61. The average molecular weight is 306 g/mol. The SMILES string of the molecule is COc1ccc(Sc2ncc([N+](=O)[O-])cc2C(=O)O)cc1. The maximum Gasteiger partial charge on any atom is 0.338 e. The fourth-order valence-corrected chi connectivity index (χ4v) is 2.39. The van der Waals surface area contributed by atoms with Crippen LogP contribution >= 0.6 is 11.8 Å². The van der Waals surface area contributed by atoms with Gasteiger partial charge in [0.25, 0.3) is 5.69 Å². The summed E-state index contributed by atoms with van der Waals surface area (Å²) in [4.78, 5) is 25.8. The van der Waals surface area contributed by atoms with Crippen LogP contribution in [0.5, 0.6) is 5.75 Å². The van der Waals surface area contributed by atoms with Crippen LogP contribution in [0.15, 0.2) is 46.5 Å². The number of hydrogen-bond donors (Lipinski definition) is 1. The second-order valence-corrected chi connectivity index (χ2v) is 4.95. The summed E-state index contributed by atoms with van der Waals surface area (Å²) in [6, 6.07) is 7.96. The maximum absolute atomic E-state index is 11.2. The molecule has 1 aromatic carbocycles. The minimum absolute atomic E-state index is 0.193. The minimum atomic E-state index is -1.26. The van der Waals surface area contributed by atoms with Crippen LogP contribution in [0.25, 0.3) is 0 Å². The number of rotatable bonds is 5. The molecular weight excluding hydrogens is 296 g/mol. The molecule has 0 saturated heterocycles. The van der Waals surface area contributed by atoms with Crippen LogP contribution in [0.2, 0.25) is 0 Å². The van der Waals surface area contributed by atoms with Gasteiger partial charge in [-0.2, -0.15) is 0 Å². The Balaban J connectivity index is 2.34. The summed E-state index contributed by atoms with van der Waals surface area (Å²) in [6.45, 7) is 0. The molecular formula is C13H10N2O5S. The summed E-state index contributed by atoms with van der Waals surface area (Å²) >= 11 is 1.11. The summed E-state index contributed by atoms with van der Waals surface area (Å²) in [5.74, 6) is -0.586. The summed E-state index contributed by atoms with van der Waals surface area (Å²) < 4.78 is 5.03. The van der Waals surface area contributed by atoms with E-state index >= 15 is 0 Å². The van der Waals surface area contributed by atoms with E-state index in [2.05, 4.69) is 4.98 Å². The van der Waals surface area contributed by atoms with Crippen molar-refractivity contribution < 1.29 is 19.6 Å². The Bertz CT molecular complexity index is 687. The predicted octanol–water partition coefficient (Wildman–Crippen LogP) is 2.85. The van der Waals surface area contributed by atoms with Gasteiger partial charge in [-0.25, -0.2) is 9.78 Å². The fraction of sp³-hybridized carbons (Fsp3) is 0.0769. The van der Waals surface area contributed by atoms with Crippen LogP contribution in [-0.2, 0) is 0 Å². The molecule has 1 aromatic heterocycles. The first-order valence-electron chi connectivity index (χ1n) is 5.71. The molecule has 0 spiro atoms. The van der Waals surface area contributed by atoms with Crippen molar-refractivity contribution in [2.45, 2.75) is 9.92 Å². The number of aromatic carboxylic acids is 1. The molecule has 8 heteroatoms. The maximum atomic E-state index is 11.2. The Kier molecular flexibility index (Phi) is 4.39. The first-order valence-corrected chi connectivity index (χ1v) is 6.52. The van der Waals surface area contributed by atoms with Crippen molar-refractivity contribution in [3.8, 4) is 5.75 Å². The van der Waals surface area contributed by atoms with E-state index in [1.807, 2.05) is 0 Å². The highest BCUT2D eigenvalue weighted by Crippen LogP contribution is 2.31. The quantitative estimate of drug-likeness (QED) is 0.669. The van der Waals surface area contributed by atoms with Gasteiger partial charge in [0.2, 0.25) is 0 Å². The van der Waals surface area contributed by atoms with Crippen molar-refractivity contribution in [1.82, 2.24) is 4.98 Å². The topological polar surface area (TPSA) is 103 Å². The highest BCUT2D eigenvalue weighted by Gasteiger charge is 2.18. The van der Waals surface area contributed by atoms with Crippen molar-refractivity contribution in [1.29, 1.82) is 0 Å². The smallest absolute Gasteiger partial charge is 0.338 e. The third-order valence-electron chi connectivity index (χ3n) is 2.55. The second-order valence-electron chi connectivity index (χ2n) is 3.89. The monoisotopic (exact) mass is 306 g/mol. The van der Waals surface area contributed by atoms with Crippen LogP contribution in [0.1, 0.15) is 10.4 Å². The molecule has 2 aromatic rings. The Morgan fingerprint density at radius 3 is 2.57 bits per heavy atom. The lowest BCUT2D eigenvalue weighted by Gasteiger charge is -2.05. The van der Waals surface area contributed by atoms with E-state index < -0.39 is 10.9 Å². The molecule has 0 fully saturated rings. The van der Waals surface area contributed by atoms with E-state index in [0.717, 1.165) is 28.9 Å². The van der Waals surface area contributed by atoms with Crippen LogP contribution in [-0.4, -0.2) is 28.1 Å². The average Bonchev–Trinajstić information content (AvgIpc) is 2.48. The van der Waals surface area contributed by atoms with Gasteiger partial charge >= 0.3 is 5.97 Å². The molecule has 0 aliphatic carbocycles. The van der Waals surface area contributed by atoms with E-state index in [9.17, 15) is 14.9 Å². The number of nitrogens with zero attached hydrogens (tertiary/aromatic N) is 2. The van der Waals surface area contributed by atoms with Gasteiger partial charge in [0.15, 0.2) is 0 Å². The number of methoxy groups -OCH3 is 1. The Labute approximate surface area is 123 Å². The van der Waals surface area contributed by atoms with Crippen molar-refractivity contribution in [2.24, 2.45) is 0 Å². The van der Waals surface area contributed by atoms with E-state index in [-0.39, 0.29) is 16.3 Å². The molecule has 0 bridgehead atoms. The number of carboxylic acid groups (broad SMARTS) is 1. The first kappa shape index (κ1) is 14.8. The molecule has 21 heavy (non-hydrogen) atoms. The summed E-state index contributed by atoms with van der Waals surface area (Å²) in [6.07, 6.45) is 1.04. The zero-order chi connectivity index (χ0) is 15.4. The molecule has 1 N–H and O–H groups in total. The molecule has 0 aliphatic heterocycles. The number of ether oxygens (including phenoxy) is 1. The number of benzene rings is 1. The van der Waals surface area contributed by atoms with Gasteiger partial charge in [-0.3, -0.25) is 10.1 Å². The lowest BCUT2D eigenvalue weighted by Crippen LogP contribution is -2.02. The van der Waals surface area contributed by atoms with Gasteiger partial charge in [0.1, 0.15) is 17.0 Å². The highest BCUT2D eigenvalue weighted by atomic mass is 32.2.